The van der Waals surface area contributed by atoms with E-state index in [2.05, 4.69) is 9.72 Å². The first kappa shape index (κ1) is 11.1. The molecule has 0 aliphatic carbocycles. The highest BCUT2D eigenvalue weighted by Gasteiger charge is 2.33. The molecule has 0 saturated heterocycles. The topological polar surface area (TPSA) is 65.3 Å². The normalized spacial score (nSPS) is 11.2. The van der Waals surface area contributed by atoms with E-state index in [9.17, 15) is 27.7 Å². The maximum absolute atomic E-state index is 12.7. The first-order valence-corrected chi connectivity index (χ1v) is 3.35. The van der Waals surface area contributed by atoms with E-state index in [4.69, 9.17) is 0 Å². The van der Waals surface area contributed by atoms with Gasteiger partial charge in [0.1, 0.15) is 6.20 Å². The van der Waals surface area contributed by atoms with Crippen LogP contribution in [0.4, 0.5) is 23.2 Å². The van der Waals surface area contributed by atoms with Crippen LogP contribution in [0, 0.1) is 15.9 Å². The van der Waals surface area contributed by atoms with E-state index >= 15 is 0 Å². The van der Waals surface area contributed by atoms with E-state index in [1.54, 1.807) is 0 Å². The molecular formula is C6H2F4N2O3. The average Bonchev–Trinajstić information content (AvgIpc) is 2.05. The minimum Gasteiger partial charge on any atom is -0.385 e. The lowest BCUT2D eigenvalue weighted by Crippen LogP contribution is -2.18. The van der Waals surface area contributed by atoms with Gasteiger partial charge in [0.05, 0.1) is 11.0 Å². The Labute approximate surface area is 79.4 Å². The smallest absolute Gasteiger partial charge is 0.385 e. The molecule has 5 nitrogen and oxygen atoms in total. The Bertz CT molecular complexity index is 392. The summed E-state index contributed by atoms with van der Waals surface area (Å²) < 4.78 is 50.8. The van der Waals surface area contributed by atoms with Crippen molar-refractivity contribution in [3.05, 3.63) is 28.2 Å². The summed E-state index contributed by atoms with van der Waals surface area (Å²) in [6, 6.07) is 0.286. The van der Waals surface area contributed by atoms with Crippen LogP contribution in [0.5, 0.6) is 5.88 Å². The fourth-order valence-electron chi connectivity index (χ4n) is 0.700. The van der Waals surface area contributed by atoms with E-state index in [-0.39, 0.29) is 6.07 Å². The van der Waals surface area contributed by atoms with Crippen LogP contribution in [-0.4, -0.2) is 16.3 Å². The largest absolute Gasteiger partial charge is 0.574 e. The molecule has 0 N–H and O–H groups in total. The van der Waals surface area contributed by atoms with Crippen LogP contribution >= 0.6 is 0 Å². The molecule has 0 spiro atoms. The molecule has 0 atom stereocenters. The molecule has 0 aromatic carbocycles. The van der Waals surface area contributed by atoms with Gasteiger partial charge < -0.3 is 4.74 Å². The molecule has 9 heteroatoms. The molecule has 0 radical (unpaired) electrons. The summed E-state index contributed by atoms with van der Waals surface area (Å²) in [6.07, 6.45) is -4.63. The van der Waals surface area contributed by atoms with E-state index in [1.165, 1.54) is 0 Å². The summed E-state index contributed by atoms with van der Waals surface area (Å²) in [7, 11) is 0. The summed E-state index contributed by atoms with van der Waals surface area (Å²) in [5.41, 5.74) is -0.762. The maximum Gasteiger partial charge on any atom is 0.574 e. The lowest BCUT2D eigenvalue weighted by atomic mass is 10.4. The number of alkyl halides is 3. The Balaban J connectivity index is 2.99. The minimum absolute atomic E-state index is 0.286. The lowest BCUT2D eigenvalue weighted by Gasteiger charge is -2.07. The highest BCUT2D eigenvalue weighted by Crippen LogP contribution is 2.25. The van der Waals surface area contributed by atoms with Gasteiger partial charge in [-0.25, -0.2) is 9.37 Å². The van der Waals surface area contributed by atoms with Crippen molar-refractivity contribution >= 4 is 5.69 Å². The molecule has 0 bridgehead atoms. The molecule has 82 valence electrons. The first-order valence-electron chi connectivity index (χ1n) is 3.35. The summed E-state index contributed by atoms with van der Waals surface area (Å²) in [5.74, 6) is -2.91. The highest BCUT2D eigenvalue weighted by molar-refractivity contribution is 5.30. The van der Waals surface area contributed by atoms with E-state index in [1.807, 2.05) is 0 Å². The van der Waals surface area contributed by atoms with Gasteiger partial charge in [-0.15, -0.1) is 13.2 Å². The maximum atomic E-state index is 12.7. The molecule has 15 heavy (non-hydrogen) atoms. The van der Waals surface area contributed by atoms with Crippen LogP contribution in [0.15, 0.2) is 12.3 Å². The second-order valence-electron chi connectivity index (χ2n) is 2.29. The van der Waals surface area contributed by atoms with Crippen LogP contribution in [0.2, 0.25) is 0 Å². The second kappa shape index (κ2) is 3.67. The zero-order valence-corrected chi connectivity index (χ0v) is 6.79. The van der Waals surface area contributed by atoms with E-state index in [0.29, 0.717) is 6.20 Å². The van der Waals surface area contributed by atoms with Crippen molar-refractivity contribution in [3.63, 3.8) is 0 Å². The Hall–Kier alpha value is -1.93. The zero-order valence-electron chi connectivity index (χ0n) is 6.79. The van der Waals surface area contributed by atoms with Gasteiger partial charge in [-0.1, -0.05) is 0 Å². The summed E-state index contributed by atoms with van der Waals surface area (Å²) in [4.78, 5) is 11.9. The number of pyridine rings is 1. The lowest BCUT2D eigenvalue weighted by molar-refractivity contribution is -0.385. The molecule has 0 unspecified atom stereocenters. The van der Waals surface area contributed by atoms with Crippen molar-refractivity contribution in [2.24, 2.45) is 0 Å². The number of nitro groups is 1. The second-order valence-corrected chi connectivity index (χ2v) is 2.29. The number of nitrogens with zero attached hydrogens (tertiary/aromatic N) is 2. The van der Waals surface area contributed by atoms with Gasteiger partial charge in [0, 0.05) is 0 Å². The van der Waals surface area contributed by atoms with Crippen molar-refractivity contribution in [1.29, 1.82) is 0 Å². The molecule has 0 aliphatic rings. The third kappa shape index (κ3) is 3.04. The molecule has 1 aromatic rings. The summed E-state index contributed by atoms with van der Waals surface area (Å²) in [6.45, 7) is 0. The fraction of sp³-hybridized carbons (Fsp3) is 0.167. The molecule has 0 amide bonds. The Morgan fingerprint density at radius 3 is 2.47 bits per heavy atom. The highest BCUT2D eigenvalue weighted by atomic mass is 19.4. The molecule has 1 heterocycles. The van der Waals surface area contributed by atoms with Crippen molar-refractivity contribution in [2.75, 3.05) is 0 Å². The number of aromatic nitrogens is 1. The van der Waals surface area contributed by atoms with E-state index in [0.717, 1.165) is 0 Å². The number of hydrogen-bond donors (Lipinski definition) is 0. The quantitative estimate of drug-likeness (QED) is 0.439. The minimum atomic E-state index is -5.09. The van der Waals surface area contributed by atoms with Crippen molar-refractivity contribution in [3.8, 4) is 5.88 Å². The average molecular weight is 226 g/mol. The Morgan fingerprint density at radius 2 is 2.07 bits per heavy atom. The standard InChI is InChI=1S/C6H2F4N2O3/c7-4-1-3(12(13)14)2-11-5(4)15-6(8,9)10/h1-2H. The summed E-state index contributed by atoms with van der Waals surface area (Å²) in [5, 5.41) is 10.1. The Morgan fingerprint density at radius 1 is 1.47 bits per heavy atom. The SMILES string of the molecule is O=[N+]([O-])c1cnc(OC(F)(F)F)c(F)c1. The number of ether oxygens (including phenoxy) is 1. The molecule has 0 aliphatic heterocycles. The number of hydrogen-bond acceptors (Lipinski definition) is 4. The number of halogens is 4. The van der Waals surface area contributed by atoms with Crippen molar-refractivity contribution < 1.29 is 27.2 Å². The molecule has 0 saturated carbocycles. The van der Waals surface area contributed by atoms with Crippen LogP contribution in [0.25, 0.3) is 0 Å². The third-order valence-corrected chi connectivity index (χ3v) is 1.22. The van der Waals surface area contributed by atoms with Gasteiger partial charge in [-0.05, 0) is 0 Å². The first-order chi connectivity index (χ1) is 6.79. The molecule has 1 rings (SSSR count). The van der Waals surface area contributed by atoms with Crippen molar-refractivity contribution in [1.82, 2.24) is 4.98 Å². The molecule has 0 fully saturated rings. The van der Waals surface area contributed by atoms with Crippen LogP contribution in [0.1, 0.15) is 0 Å². The predicted molar refractivity (Wildman–Crippen MR) is 37.5 cm³/mol. The van der Waals surface area contributed by atoms with Gasteiger partial charge in [0.15, 0.2) is 5.82 Å². The van der Waals surface area contributed by atoms with E-state index < -0.39 is 28.7 Å². The third-order valence-electron chi connectivity index (χ3n) is 1.22. The zero-order chi connectivity index (χ0) is 11.6. The van der Waals surface area contributed by atoms with Crippen LogP contribution in [-0.2, 0) is 0 Å². The number of rotatable bonds is 2. The van der Waals surface area contributed by atoms with Gasteiger partial charge >= 0.3 is 6.36 Å². The van der Waals surface area contributed by atoms with Crippen LogP contribution < -0.4 is 4.74 Å². The van der Waals surface area contributed by atoms with Gasteiger partial charge in [-0.2, -0.15) is 0 Å². The summed E-state index contributed by atoms with van der Waals surface area (Å²) >= 11 is 0. The van der Waals surface area contributed by atoms with Gasteiger partial charge in [0.25, 0.3) is 11.6 Å². The Kier molecular flexibility index (Phi) is 2.73. The monoisotopic (exact) mass is 226 g/mol. The van der Waals surface area contributed by atoms with Crippen molar-refractivity contribution in [2.45, 2.75) is 6.36 Å². The fourth-order valence-corrected chi connectivity index (χ4v) is 0.700. The molecular weight excluding hydrogens is 224 g/mol. The van der Waals surface area contributed by atoms with Gasteiger partial charge in [-0.3, -0.25) is 10.1 Å². The molecule has 1 aromatic heterocycles. The van der Waals surface area contributed by atoms with Gasteiger partial charge in [0.2, 0.25) is 0 Å². The van der Waals surface area contributed by atoms with Crippen LogP contribution in [0.3, 0.4) is 0 Å². The predicted octanol–water partition coefficient (Wildman–Crippen LogP) is 2.03.